The molecule has 0 saturated carbocycles. The molecule has 7 nitrogen and oxygen atoms in total. The Bertz CT molecular complexity index is 1490. The highest BCUT2D eigenvalue weighted by Crippen LogP contribution is 2.35. The summed E-state index contributed by atoms with van der Waals surface area (Å²) in [4.78, 5) is 17.1. The Morgan fingerprint density at radius 2 is 1.86 bits per heavy atom. The number of aromatic nitrogens is 1. The molecule has 0 bridgehead atoms. The van der Waals surface area contributed by atoms with Crippen molar-refractivity contribution in [1.82, 2.24) is 4.98 Å². The number of benzene rings is 2. The number of nitrogens with one attached hydrogen (secondary N) is 1. The first-order chi connectivity index (χ1) is 16.9. The number of nitrogens with zero attached hydrogens (tertiary/aromatic N) is 2. The molecular weight excluding hydrogens is 482 g/mol. The quantitative estimate of drug-likeness (QED) is 0.342. The fraction of sp³-hybridized carbons (Fsp3) is 0.115. The lowest BCUT2D eigenvalue weighted by Crippen LogP contribution is -2.13. The molecule has 0 radical (unpaired) electrons. The minimum absolute atomic E-state index is 0.0324. The van der Waals surface area contributed by atoms with Crippen LogP contribution in [0.2, 0.25) is 0 Å². The van der Waals surface area contributed by atoms with E-state index in [1.807, 2.05) is 17.5 Å². The number of anilines is 1. The number of hydrogen-bond acceptors (Lipinski definition) is 7. The second kappa shape index (κ2) is 10.5. The molecule has 0 atom stereocenters. The van der Waals surface area contributed by atoms with Crippen LogP contribution in [0.3, 0.4) is 0 Å². The van der Waals surface area contributed by atoms with Gasteiger partial charge in [0.25, 0.3) is 0 Å². The molecule has 0 aliphatic heterocycles. The van der Waals surface area contributed by atoms with E-state index in [2.05, 4.69) is 16.4 Å². The Kier molecular flexibility index (Phi) is 7.25. The van der Waals surface area contributed by atoms with Crippen molar-refractivity contribution in [2.45, 2.75) is 18.2 Å². The van der Waals surface area contributed by atoms with Crippen molar-refractivity contribution in [2.75, 3.05) is 11.1 Å². The van der Waals surface area contributed by atoms with Crippen LogP contribution in [0.15, 0.2) is 83.2 Å². The Hall–Kier alpha value is -4.00. The summed E-state index contributed by atoms with van der Waals surface area (Å²) in [6.07, 6.45) is 1.76. The lowest BCUT2D eigenvalue weighted by molar-refractivity contribution is -0.115. The first-order valence-electron chi connectivity index (χ1n) is 10.7. The van der Waals surface area contributed by atoms with E-state index in [0.29, 0.717) is 22.2 Å². The third kappa shape index (κ3) is 5.93. The molecular formula is C26H21N3O4S2. The number of pyridine rings is 1. The van der Waals surface area contributed by atoms with Crippen LogP contribution in [0.5, 0.6) is 11.6 Å². The molecule has 4 rings (SSSR count). The highest BCUT2D eigenvalue weighted by Gasteiger charge is 2.14. The molecule has 0 spiro atoms. The second-order valence-corrected chi connectivity index (χ2v) is 10.8. The normalized spacial score (nSPS) is 11.0. The van der Waals surface area contributed by atoms with Crippen LogP contribution in [0.1, 0.15) is 18.1 Å². The summed E-state index contributed by atoms with van der Waals surface area (Å²) in [5.74, 6) is 0.801. The maximum absolute atomic E-state index is 12.5. The van der Waals surface area contributed by atoms with E-state index in [-0.39, 0.29) is 23.0 Å². The average molecular weight is 504 g/mol. The predicted molar refractivity (Wildman–Crippen MR) is 135 cm³/mol. The molecule has 0 aliphatic carbocycles. The zero-order valence-corrected chi connectivity index (χ0v) is 20.4. The zero-order valence-electron chi connectivity index (χ0n) is 18.8. The first kappa shape index (κ1) is 24.1. The summed E-state index contributed by atoms with van der Waals surface area (Å²) >= 11 is 1.38. The second-order valence-electron chi connectivity index (χ2n) is 7.57. The molecule has 2 heterocycles. The van der Waals surface area contributed by atoms with Gasteiger partial charge in [0, 0.05) is 17.1 Å². The Labute approximate surface area is 207 Å². The molecule has 0 aliphatic rings. The van der Waals surface area contributed by atoms with Crippen molar-refractivity contribution in [2.24, 2.45) is 0 Å². The largest absolute Gasteiger partial charge is 0.438 e. The van der Waals surface area contributed by atoms with Crippen molar-refractivity contribution < 1.29 is 17.9 Å². The summed E-state index contributed by atoms with van der Waals surface area (Å²) in [7, 11) is -3.27. The van der Waals surface area contributed by atoms with Crippen molar-refractivity contribution in [3.05, 3.63) is 89.4 Å². The van der Waals surface area contributed by atoms with Gasteiger partial charge in [-0.3, -0.25) is 4.79 Å². The van der Waals surface area contributed by atoms with Crippen LogP contribution in [-0.4, -0.2) is 25.1 Å². The topological polar surface area (TPSA) is 109 Å². The molecule has 9 heteroatoms. The predicted octanol–water partition coefficient (Wildman–Crippen LogP) is 5.45. The van der Waals surface area contributed by atoms with E-state index in [1.54, 1.807) is 55.6 Å². The Morgan fingerprint density at radius 1 is 1.11 bits per heavy atom. The number of thiophene rings is 1. The number of carbonyl (C=O) groups excluding carboxylic acids is 1. The van der Waals surface area contributed by atoms with Crippen molar-refractivity contribution >= 4 is 32.1 Å². The van der Waals surface area contributed by atoms with Gasteiger partial charge in [-0.25, -0.2) is 13.4 Å². The number of rotatable bonds is 8. The van der Waals surface area contributed by atoms with Gasteiger partial charge in [-0.05, 0) is 65.7 Å². The maximum Gasteiger partial charge on any atom is 0.229 e. The van der Waals surface area contributed by atoms with Crippen LogP contribution in [0, 0.1) is 11.3 Å². The molecule has 176 valence electrons. The van der Waals surface area contributed by atoms with Crippen LogP contribution in [0.4, 0.5) is 5.00 Å². The first-order valence-corrected chi connectivity index (χ1v) is 13.2. The fourth-order valence-corrected chi connectivity index (χ4v) is 4.99. The van der Waals surface area contributed by atoms with E-state index in [4.69, 9.17) is 10.00 Å². The highest BCUT2D eigenvalue weighted by atomic mass is 32.2. The highest BCUT2D eigenvalue weighted by molar-refractivity contribution is 7.91. The van der Waals surface area contributed by atoms with Gasteiger partial charge >= 0.3 is 0 Å². The minimum Gasteiger partial charge on any atom is -0.438 e. The summed E-state index contributed by atoms with van der Waals surface area (Å²) < 4.78 is 29.8. The standard InChI is InChI=1S/C26H21N3O4S2/c1-2-35(31,32)22-11-7-18(8-12-22)14-24(30)29-25-15-20(17-34-25)23-4-3-13-28-26(23)33-21-9-5-19(16-27)6-10-21/h3-13,15,17H,2,14H2,1H3,(H,29,30). The van der Waals surface area contributed by atoms with Crippen molar-refractivity contribution in [3.63, 3.8) is 0 Å². The Morgan fingerprint density at radius 3 is 2.54 bits per heavy atom. The molecule has 2 aromatic carbocycles. The number of sulfone groups is 1. The van der Waals surface area contributed by atoms with Gasteiger partial charge in [-0.1, -0.05) is 19.1 Å². The van der Waals surface area contributed by atoms with Gasteiger partial charge in [0.15, 0.2) is 9.84 Å². The van der Waals surface area contributed by atoms with Crippen molar-refractivity contribution in [3.8, 4) is 28.8 Å². The van der Waals surface area contributed by atoms with E-state index < -0.39 is 9.84 Å². The lowest BCUT2D eigenvalue weighted by atomic mass is 10.1. The molecule has 0 unspecified atom stereocenters. The molecule has 0 fully saturated rings. The average Bonchev–Trinajstić information content (AvgIpc) is 3.33. The van der Waals surface area contributed by atoms with Gasteiger partial charge in [0.05, 0.1) is 33.7 Å². The zero-order chi connectivity index (χ0) is 24.8. The lowest BCUT2D eigenvalue weighted by Gasteiger charge is -2.09. The van der Waals surface area contributed by atoms with Crippen LogP contribution in [-0.2, 0) is 21.1 Å². The number of nitriles is 1. The summed E-state index contributed by atoms with van der Waals surface area (Å²) in [6, 6.07) is 20.7. The smallest absolute Gasteiger partial charge is 0.229 e. The van der Waals surface area contributed by atoms with Crippen LogP contribution < -0.4 is 10.1 Å². The van der Waals surface area contributed by atoms with Gasteiger partial charge in [-0.2, -0.15) is 5.26 Å². The third-order valence-electron chi connectivity index (χ3n) is 5.17. The molecule has 1 N–H and O–H groups in total. The Balaban J connectivity index is 1.44. The number of amides is 1. The molecule has 0 saturated heterocycles. The fourth-order valence-electron chi connectivity index (χ4n) is 3.29. The van der Waals surface area contributed by atoms with Crippen LogP contribution >= 0.6 is 11.3 Å². The van der Waals surface area contributed by atoms with Gasteiger partial charge in [0.2, 0.25) is 11.8 Å². The van der Waals surface area contributed by atoms with E-state index >= 15 is 0 Å². The number of ether oxygens (including phenoxy) is 1. The molecule has 35 heavy (non-hydrogen) atoms. The van der Waals surface area contributed by atoms with Crippen LogP contribution in [0.25, 0.3) is 11.1 Å². The minimum atomic E-state index is -3.27. The summed E-state index contributed by atoms with van der Waals surface area (Å²) in [6.45, 7) is 1.60. The van der Waals surface area contributed by atoms with Gasteiger partial charge in [-0.15, -0.1) is 11.3 Å². The van der Waals surface area contributed by atoms with E-state index in [1.165, 1.54) is 23.5 Å². The molecule has 4 aromatic rings. The van der Waals surface area contributed by atoms with Gasteiger partial charge < -0.3 is 10.1 Å². The number of carbonyl (C=O) groups is 1. The summed E-state index contributed by atoms with van der Waals surface area (Å²) in [5.41, 5.74) is 2.87. The van der Waals surface area contributed by atoms with Crippen molar-refractivity contribution in [1.29, 1.82) is 5.26 Å². The number of hydrogen-bond donors (Lipinski definition) is 1. The van der Waals surface area contributed by atoms with E-state index in [0.717, 1.165) is 16.7 Å². The monoisotopic (exact) mass is 503 g/mol. The summed E-state index contributed by atoms with van der Waals surface area (Å²) in [5, 5.41) is 14.4. The van der Waals surface area contributed by atoms with E-state index in [9.17, 15) is 13.2 Å². The maximum atomic E-state index is 12.5. The molecule has 1 amide bonds. The SMILES string of the molecule is CCS(=O)(=O)c1ccc(CC(=O)Nc2cc(-c3cccnc3Oc3ccc(C#N)cc3)cs2)cc1. The third-order valence-corrected chi connectivity index (χ3v) is 7.77. The van der Waals surface area contributed by atoms with Gasteiger partial charge in [0.1, 0.15) is 5.75 Å². The molecule has 2 aromatic heterocycles.